The van der Waals surface area contributed by atoms with Crippen molar-refractivity contribution in [1.29, 1.82) is 0 Å². The van der Waals surface area contributed by atoms with Gasteiger partial charge in [-0.3, -0.25) is 5.84 Å². The topological polar surface area (TPSA) is 29.3 Å². The maximum atomic E-state index is 6.14. The molecule has 0 radical (unpaired) electrons. The molecule has 1 aliphatic carbocycles. The largest absolute Gasteiger partial charge is 0.268 e. The third-order valence-electron chi connectivity index (χ3n) is 3.74. The SMILES string of the molecule is CCCc1ccc(C(C)C)c(CN(N)C2CC2)c1. The van der Waals surface area contributed by atoms with E-state index in [4.69, 9.17) is 5.84 Å². The maximum absolute atomic E-state index is 6.14. The Balaban J connectivity index is 2.18. The molecular weight excluding hydrogens is 220 g/mol. The fourth-order valence-corrected chi connectivity index (χ4v) is 2.54. The zero-order chi connectivity index (χ0) is 13.1. The molecule has 0 spiro atoms. The van der Waals surface area contributed by atoms with Gasteiger partial charge in [-0.15, -0.1) is 0 Å². The van der Waals surface area contributed by atoms with Gasteiger partial charge in [0.15, 0.2) is 0 Å². The van der Waals surface area contributed by atoms with Gasteiger partial charge in [0.25, 0.3) is 0 Å². The molecule has 0 heterocycles. The van der Waals surface area contributed by atoms with Crippen molar-refractivity contribution in [3.63, 3.8) is 0 Å². The van der Waals surface area contributed by atoms with E-state index in [2.05, 4.69) is 39.0 Å². The third-order valence-corrected chi connectivity index (χ3v) is 3.74. The average molecular weight is 246 g/mol. The predicted octanol–water partition coefficient (Wildman–Crippen LogP) is 3.60. The highest BCUT2D eigenvalue weighted by Gasteiger charge is 2.27. The number of hydrogen-bond donors (Lipinski definition) is 1. The molecule has 0 atom stereocenters. The molecule has 1 aromatic carbocycles. The Morgan fingerprint density at radius 2 is 2.06 bits per heavy atom. The first-order valence-electron chi connectivity index (χ1n) is 7.24. The number of benzene rings is 1. The average Bonchev–Trinajstić information content (AvgIpc) is 3.13. The van der Waals surface area contributed by atoms with Crippen molar-refractivity contribution >= 4 is 0 Å². The first-order chi connectivity index (χ1) is 8.61. The number of nitrogens with two attached hydrogens (primary N) is 1. The van der Waals surface area contributed by atoms with Gasteiger partial charge in [-0.2, -0.15) is 0 Å². The summed E-state index contributed by atoms with van der Waals surface area (Å²) in [7, 11) is 0. The van der Waals surface area contributed by atoms with E-state index in [1.165, 1.54) is 42.4 Å². The standard InChI is InChI=1S/C16H26N2/c1-4-5-13-6-9-16(12(2)3)14(10-13)11-18(17)15-7-8-15/h6,9-10,12,15H,4-5,7-8,11,17H2,1-3H3. The zero-order valence-electron chi connectivity index (χ0n) is 11.9. The summed E-state index contributed by atoms with van der Waals surface area (Å²) in [6.07, 6.45) is 4.90. The summed E-state index contributed by atoms with van der Waals surface area (Å²) in [6.45, 7) is 7.65. The van der Waals surface area contributed by atoms with E-state index in [1.807, 2.05) is 5.01 Å². The molecule has 0 unspecified atom stereocenters. The van der Waals surface area contributed by atoms with Crippen molar-refractivity contribution in [3.8, 4) is 0 Å². The van der Waals surface area contributed by atoms with E-state index in [9.17, 15) is 0 Å². The molecule has 1 fully saturated rings. The number of nitrogens with zero attached hydrogens (tertiary/aromatic N) is 1. The molecular formula is C16H26N2. The van der Waals surface area contributed by atoms with E-state index in [-0.39, 0.29) is 0 Å². The number of rotatable bonds is 6. The van der Waals surface area contributed by atoms with Gasteiger partial charge < -0.3 is 0 Å². The zero-order valence-corrected chi connectivity index (χ0v) is 11.9. The molecule has 1 saturated carbocycles. The van der Waals surface area contributed by atoms with Crippen LogP contribution in [-0.4, -0.2) is 11.1 Å². The number of hydrogen-bond acceptors (Lipinski definition) is 2. The monoisotopic (exact) mass is 246 g/mol. The molecule has 2 rings (SSSR count). The Bertz CT molecular complexity index is 394. The van der Waals surface area contributed by atoms with Crippen molar-refractivity contribution in [1.82, 2.24) is 5.01 Å². The van der Waals surface area contributed by atoms with E-state index in [1.54, 1.807) is 0 Å². The van der Waals surface area contributed by atoms with Crippen LogP contribution in [0.5, 0.6) is 0 Å². The van der Waals surface area contributed by atoms with Gasteiger partial charge in [-0.25, -0.2) is 5.01 Å². The van der Waals surface area contributed by atoms with Crippen LogP contribution >= 0.6 is 0 Å². The second-order valence-corrected chi connectivity index (χ2v) is 5.84. The van der Waals surface area contributed by atoms with E-state index in [0.717, 1.165) is 6.54 Å². The Morgan fingerprint density at radius 3 is 2.61 bits per heavy atom. The lowest BCUT2D eigenvalue weighted by Gasteiger charge is -2.20. The molecule has 0 bridgehead atoms. The lowest BCUT2D eigenvalue weighted by molar-refractivity contribution is 0.262. The van der Waals surface area contributed by atoms with Crippen LogP contribution in [0.4, 0.5) is 0 Å². The molecule has 0 aliphatic heterocycles. The molecule has 0 saturated heterocycles. The number of aryl methyl sites for hydroxylation is 1. The Morgan fingerprint density at radius 1 is 1.33 bits per heavy atom. The molecule has 1 aliphatic rings. The van der Waals surface area contributed by atoms with Gasteiger partial charge in [0.1, 0.15) is 0 Å². The molecule has 18 heavy (non-hydrogen) atoms. The molecule has 100 valence electrons. The van der Waals surface area contributed by atoms with Crippen LogP contribution in [0.1, 0.15) is 62.6 Å². The highest BCUT2D eigenvalue weighted by Crippen LogP contribution is 2.28. The first-order valence-corrected chi connectivity index (χ1v) is 7.24. The highest BCUT2D eigenvalue weighted by molar-refractivity contribution is 5.34. The van der Waals surface area contributed by atoms with Gasteiger partial charge in [-0.1, -0.05) is 45.4 Å². The minimum atomic E-state index is 0.572. The lowest BCUT2D eigenvalue weighted by atomic mass is 9.94. The summed E-state index contributed by atoms with van der Waals surface area (Å²) in [6, 6.07) is 7.56. The minimum Gasteiger partial charge on any atom is -0.268 e. The van der Waals surface area contributed by atoms with Crippen LogP contribution in [0.2, 0.25) is 0 Å². The fourth-order valence-electron chi connectivity index (χ4n) is 2.54. The Kier molecular flexibility index (Phi) is 4.41. The summed E-state index contributed by atoms with van der Waals surface area (Å²) in [5.74, 6) is 6.71. The quantitative estimate of drug-likeness (QED) is 0.614. The second-order valence-electron chi connectivity index (χ2n) is 5.84. The first kappa shape index (κ1) is 13.6. The smallest absolute Gasteiger partial charge is 0.0385 e. The second kappa shape index (κ2) is 5.85. The molecule has 2 N–H and O–H groups in total. The Labute approximate surface area is 111 Å². The molecule has 0 aromatic heterocycles. The minimum absolute atomic E-state index is 0.572. The van der Waals surface area contributed by atoms with Crippen molar-refractivity contribution in [2.24, 2.45) is 5.84 Å². The van der Waals surface area contributed by atoms with Gasteiger partial charge >= 0.3 is 0 Å². The third kappa shape index (κ3) is 3.33. The fraction of sp³-hybridized carbons (Fsp3) is 0.625. The summed E-state index contributed by atoms with van der Waals surface area (Å²) < 4.78 is 0. The van der Waals surface area contributed by atoms with Gasteiger partial charge in [0, 0.05) is 12.6 Å². The predicted molar refractivity (Wildman–Crippen MR) is 77.3 cm³/mol. The van der Waals surface area contributed by atoms with Crippen LogP contribution < -0.4 is 5.84 Å². The van der Waals surface area contributed by atoms with Crippen LogP contribution in [0.25, 0.3) is 0 Å². The lowest BCUT2D eigenvalue weighted by Crippen LogP contribution is -2.32. The summed E-state index contributed by atoms with van der Waals surface area (Å²) in [4.78, 5) is 0. The van der Waals surface area contributed by atoms with Crippen molar-refractivity contribution in [2.75, 3.05) is 0 Å². The van der Waals surface area contributed by atoms with Crippen molar-refractivity contribution in [2.45, 2.75) is 65.0 Å². The molecule has 2 nitrogen and oxygen atoms in total. The molecule has 2 heteroatoms. The van der Waals surface area contributed by atoms with Gasteiger partial charge in [0.05, 0.1) is 0 Å². The van der Waals surface area contributed by atoms with E-state index < -0.39 is 0 Å². The van der Waals surface area contributed by atoms with Gasteiger partial charge in [0.2, 0.25) is 0 Å². The van der Waals surface area contributed by atoms with Crippen LogP contribution in [0.3, 0.4) is 0 Å². The van der Waals surface area contributed by atoms with Crippen LogP contribution in [0, 0.1) is 0 Å². The summed E-state index contributed by atoms with van der Waals surface area (Å²) in [5.41, 5.74) is 4.32. The van der Waals surface area contributed by atoms with E-state index in [0.29, 0.717) is 12.0 Å². The molecule has 1 aromatic rings. The van der Waals surface area contributed by atoms with Crippen molar-refractivity contribution in [3.05, 3.63) is 34.9 Å². The molecule has 0 amide bonds. The van der Waals surface area contributed by atoms with Gasteiger partial charge in [-0.05, 0) is 41.9 Å². The summed E-state index contributed by atoms with van der Waals surface area (Å²) >= 11 is 0. The highest BCUT2D eigenvalue weighted by atomic mass is 15.4. The Hall–Kier alpha value is -0.860. The summed E-state index contributed by atoms with van der Waals surface area (Å²) in [5, 5.41) is 2.02. The number of hydrazine groups is 1. The van der Waals surface area contributed by atoms with E-state index >= 15 is 0 Å². The normalized spacial score (nSPS) is 15.7. The van der Waals surface area contributed by atoms with Crippen LogP contribution in [0.15, 0.2) is 18.2 Å². The maximum Gasteiger partial charge on any atom is 0.0385 e. The van der Waals surface area contributed by atoms with Crippen LogP contribution in [-0.2, 0) is 13.0 Å². The van der Waals surface area contributed by atoms with Crippen molar-refractivity contribution < 1.29 is 0 Å².